The molecule has 8 nitrogen and oxygen atoms in total. The molecule has 0 saturated carbocycles. The molecule has 0 aliphatic heterocycles. The first-order valence-corrected chi connectivity index (χ1v) is 7.94. The van der Waals surface area contributed by atoms with Crippen molar-refractivity contribution in [1.82, 2.24) is 19.7 Å². The lowest BCUT2D eigenvalue weighted by molar-refractivity contribution is -0.384. The molecule has 3 aromatic rings. The van der Waals surface area contributed by atoms with Crippen LogP contribution in [0.2, 0.25) is 0 Å². The maximum Gasteiger partial charge on any atom is 0.295 e. The summed E-state index contributed by atoms with van der Waals surface area (Å²) >= 11 is 0. The highest BCUT2D eigenvalue weighted by Gasteiger charge is 2.23. The second kappa shape index (κ2) is 7.14. The van der Waals surface area contributed by atoms with Crippen molar-refractivity contribution in [2.75, 3.05) is 7.05 Å². The fourth-order valence-corrected chi connectivity index (χ4v) is 2.66. The fourth-order valence-electron chi connectivity index (χ4n) is 2.66. The molecular weight excluding hydrogens is 334 g/mol. The minimum Gasteiger partial charge on any atom is -0.335 e. The van der Waals surface area contributed by atoms with Gasteiger partial charge in [0.2, 0.25) is 0 Å². The molecule has 0 unspecified atom stereocenters. The monoisotopic (exact) mass is 351 g/mol. The minimum atomic E-state index is -0.533. The normalized spacial score (nSPS) is 11.8. The van der Waals surface area contributed by atoms with E-state index < -0.39 is 4.92 Å². The summed E-state index contributed by atoms with van der Waals surface area (Å²) in [6.07, 6.45) is 2.66. The van der Waals surface area contributed by atoms with Gasteiger partial charge in [-0.1, -0.05) is 30.3 Å². The van der Waals surface area contributed by atoms with Gasteiger partial charge in [0.25, 0.3) is 11.6 Å². The number of nitro benzene ring substituents is 1. The third kappa shape index (κ3) is 3.30. The third-order valence-corrected chi connectivity index (χ3v) is 4.27. The highest BCUT2D eigenvalue weighted by molar-refractivity contribution is 5.95. The maximum atomic E-state index is 12.8. The van der Waals surface area contributed by atoms with Gasteiger partial charge in [-0.25, -0.2) is 9.67 Å². The van der Waals surface area contributed by atoms with E-state index in [1.165, 1.54) is 29.5 Å². The predicted octanol–water partition coefficient (Wildman–Crippen LogP) is 3.01. The lowest BCUT2D eigenvalue weighted by atomic mass is 10.1. The number of carbonyl (C=O) groups is 1. The molecule has 0 aliphatic rings. The Balaban J connectivity index is 1.92. The largest absolute Gasteiger partial charge is 0.335 e. The second-order valence-electron chi connectivity index (χ2n) is 5.80. The van der Waals surface area contributed by atoms with Gasteiger partial charge in [-0.2, -0.15) is 5.10 Å². The molecule has 0 aliphatic carbocycles. The Hall–Kier alpha value is -3.55. The molecular formula is C18H17N5O3. The number of nitro groups is 1. The molecule has 1 aromatic heterocycles. The zero-order chi connectivity index (χ0) is 18.7. The van der Waals surface area contributed by atoms with E-state index in [0.717, 1.165) is 5.56 Å². The number of rotatable bonds is 5. The Kier molecular flexibility index (Phi) is 4.74. The molecule has 132 valence electrons. The van der Waals surface area contributed by atoms with Crippen LogP contribution in [0.1, 0.15) is 28.9 Å². The fraction of sp³-hybridized carbons (Fsp3) is 0.167. The Morgan fingerprint density at radius 1 is 1.23 bits per heavy atom. The van der Waals surface area contributed by atoms with Gasteiger partial charge in [0.1, 0.15) is 18.3 Å². The quantitative estimate of drug-likeness (QED) is 0.520. The number of amides is 1. The van der Waals surface area contributed by atoms with E-state index in [4.69, 9.17) is 0 Å². The van der Waals surface area contributed by atoms with Gasteiger partial charge in [-0.05, 0) is 24.6 Å². The van der Waals surface area contributed by atoms with Crippen molar-refractivity contribution < 1.29 is 9.72 Å². The Morgan fingerprint density at radius 2 is 1.96 bits per heavy atom. The average molecular weight is 351 g/mol. The van der Waals surface area contributed by atoms with Crippen molar-refractivity contribution in [2.45, 2.75) is 13.0 Å². The first-order valence-electron chi connectivity index (χ1n) is 7.94. The van der Waals surface area contributed by atoms with Crippen molar-refractivity contribution in [3.05, 3.63) is 82.4 Å². The zero-order valence-electron chi connectivity index (χ0n) is 14.3. The molecule has 1 heterocycles. The predicted molar refractivity (Wildman–Crippen MR) is 95.0 cm³/mol. The summed E-state index contributed by atoms with van der Waals surface area (Å²) in [7, 11) is 1.68. The van der Waals surface area contributed by atoms with E-state index in [-0.39, 0.29) is 28.9 Å². The highest BCUT2D eigenvalue weighted by Crippen LogP contribution is 2.26. The van der Waals surface area contributed by atoms with Crippen LogP contribution in [0.4, 0.5) is 5.69 Å². The third-order valence-electron chi connectivity index (χ3n) is 4.27. The number of hydrogen-bond donors (Lipinski definition) is 0. The summed E-state index contributed by atoms with van der Waals surface area (Å²) in [6, 6.07) is 13.7. The Labute approximate surface area is 149 Å². The topological polar surface area (TPSA) is 94.2 Å². The molecule has 0 fully saturated rings. The average Bonchev–Trinajstić information content (AvgIpc) is 3.21. The van der Waals surface area contributed by atoms with Crippen molar-refractivity contribution in [2.24, 2.45) is 0 Å². The highest BCUT2D eigenvalue weighted by atomic mass is 16.6. The molecule has 2 aromatic carbocycles. The van der Waals surface area contributed by atoms with E-state index in [2.05, 4.69) is 10.1 Å². The molecule has 1 amide bonds. The van der Waals surface area contributed by atoms with Crippen molar-refractivity contribution in [1.29, 1.82) is 0 Å². The summed E-state index contributed by atoms with van der Waals surface area (Å²) in [5.41, 5.74) is 1.27. The van der Waals surface area contributed by atoms with E-state index in [0.29, 0.717) is 0 Å². The first kappa shape index (κ1) is 17.3. The number of benzene rings is 2. The molecule has 0 bridgehead atoms. The van der Waals surface area contributed by atoms with Gasteiger partial charge in [0.15, 0.2) is 0 Å². The second-order valence-corrected chi connectivity index (χ2v) is 5.80. The standard InChI is InChI=1S/C18H17N5O3/c1-13(14-6-4-3-5-7-14)21(2)18(24)15-8-9-16(17(10-15)23(25)26)22-12-19-11-20-22/h3-13H,1-2H3/t13-/m1/s1. The van der Waals surface area contributed by atoms with E-state index in [9.17, 15) is 14.9 Å². The van der Waals surface area contributed by atoms with Crippen LogP contribution < -0.4 is 0 Å². The number of carbonyl (C=O) groups excluding carboxylic acids is 1. The smallest absolute Gasteiger partial charge is 0.295 e. The first-order chi connectivity index (χ1) is 12.5. The molecule has 26 heavy (non-hydrogen) atoms. The summed E-state index contributed by atoms with van der Waals surface area (Å²) in [5, 5.41) is 15.3. The lowest BCUT2D eigenvalue weighted by Crippen LogP contribution is -2.29. The van der Waals surface area contributed by atoms with E-state index in [1.54, 1.807) is 18.0 Å². The summed E-state index contributed by atoms with van der Waals surface area (Å²) < 4.78 is 1.29. The molecule has 1 atom stereocenters. The van der Waals surface area contributed by atoms with Crippen LogP contribution >= 0.6 is 0 Å². The minimum absolute atomic E-state index is 0.169. The summed E-state index contributed by atoms with van der Waals surface area (Å²) in [6.45, 7) is 1.91. The van der Waals surface area contributed by atoms with E-state index in [1.807, 2.05) is 37.3 Å². The SMILES string of the molecule is C[C@H](c1ccccc1)N(C)C(=O)c1ccc(-n2cncn2)c([N+](=O)[O-])c1. The number of nitrogens with zero attached hydrogens (tertiary/aromatic N) is 5. The van der Waals surface area contributed by atoms with Crippen LogP contribution in [0.5, 0.6) is 0 Å². The van der Waals surface area contributed by atoms with Gasteiger partial charge in [0, 0.05) is 18.7 Å². The molecule has 0 radical (unpaired) electrons. The maximum absolute atomic E-state index is 12.8. The molecule has 0 saturated heterocycles. The molecule has 8 heteroatoms. The van der Waals surface area contributed by atoms with Crippen LogP contribution in [0.25, 0.3) is 5.69 Å². The Morgan fingerprint density at radius 3 is 2.58 bits per heavy atom. The van der Waals surface area contributed by atoms with Crippen LogP contribution in [0.3, 0.4) is 0 Å². The summed E-state index contributed by atoms with van der Waals surface area (Å²) in [4.78, 5) is 29.1. The number of hydrogen-bond acceptors (Lipinski definition) is 5. The van der Waals surface area contributed by atoms with Gasteiger partial charge in [-0.15, -0.1) is 0 Å². The van der Waals surface area contributed by atoms with Gasteiger partial charge in [-0.3, -0.25) is 14.9 Å². The number of aromatic nitrogens is 3. The molecule has 0 N–H and O–H groups in total. The van der Waals surface area contributed by atoms with Gasteiger partial charge < -0.3 is 4.90 Å². The van der Waals surface area contributed by atoms with Crippen molar-refractivity contribution >= 4 is 11.6 Å². The van der Waals surface area contributed by atoms with Crippen LogP contribution in [0, 0.1) is 10.1 Å². The van der Waals surface area contributed by atoms with Crippen molar-refractivity contribution in [3.63, 3.8) is 0 Å². The van der Waals surface area contributed by atoms with Gasteiger partial charge in [0.05, 0.1) is 11.0 Å². The van der Waals surface area contributed by atoms with Crippen LogP contribution in [0.15, 0.2) is 61.2 Å². The zero-order valence-corrected chi connectivity index (χ0v) is 14.3. The van der Waals surface area contributed by atoms with Gasteiger partial charge >= 0.3 is 0 Å². The summed E-state index contributed by atoms with van der Waals surface area (Å²) in [5.74, 6) is -0.297. The Bertz CT molecular complexity index is 925. The lowest BCUT2D eigenvalue weighted by Gasteiger charge is -2.25. The van der Waals surface area contributed by atoms with Crippen LogP contribution in [-0.4, -0.2) is 37.5 Å². The van der Waals surface area contributed by atoms with E-state index >= 15 is 0 Å². The van der Waals surface area contributed by atoms with Crippen molar-refractivity contribution in [3.8, 4) is 5.69 Å². The molecule has 3 rings (SSSR count). The van der Waals surface area contributed by atoms with Crippen LogP contribution in [-0.2, 0) is 0 Å². The molecule has 0 spiro atoms.